The molecule has 1 aliphatic rings. The molecule has 1 saturated heterocycles. The Morgan fingerprint density at radius 3 is 2.83 bits per heavy atom. The molecule has 0 spiro atoms. The number of sulfonamides is 1. The van der Waals surface area contributed by atoms with Gasteiger partial charge in [-0.15, -0.1) is 11.3 Å². The van der Waals surface area contributed by atoms with Gasteiger partial charge in [0.05, 0.1) is 29.6 Å². The normalized spacial score (nSPS) is 20.0. The van der Waals surface area contributed by atoms with Gasteiger partial charge in [0.2, 0.25) is 0 Å². The SMILES string of the molecule is CCn1cc([C@@H]2CN(S(=O)(=O)c3sc(C)nc3C)CCO2)cn1. The van der Waals surface area contributed by atoms with E-state index in [4.69, 9.17) is 4.74 Å². The fourth-order valence-corrected chi connectivity index (χ4v) is 5.68. The van der Waals surface area contributed by atoms with Crippen molar-refractivity contribution in [3.8, 4) is 0 Å². The average Bonchev–Trinajstić information content (AvgIpc) is 3.14. The van der Waals surface area contributed by atoms with Gasteiger partial charge < -0.3 is 4.74 Å². The molecule has 0 aliphatic carbocycles. The highest BCUT2D eigenvalue weighted by Crippen LogP contribution is 2.30. The molecule has 0 unspecified atom stereocenters. The maximum absolute atomic E-state index is 12.9. The van der Waals surface area contributed by atoms with E-state index in [-0.39, 0.29) is 6.10 Å². The molecule has 0 saturated carbocycles. The molecule has 126 valence electrons. The van der Waals surface area contributed by atoms with Gasteiger partial charge in [0.15, 0.2) is 4.21 Å². The zero-order valence-corrected chi connectivity index (χ0v) is 15.0. The van der Waals surface area contributed by atoms with E-state index in [9.17, 15) is 8.42 Å². The van der Waals surface area contributed by atoms with E-state index in [0.29, 0.717) is 29.6 Å². The van der Waals surface area contributed by atoms with Crippen LogP contribution in [0.4, 0.5) is 0 Å². The predicted octanol–water partition coefficient (Wildman–Crippen LogP) is 1.74. The monoisotopic (exact) mass is 356 g/mol. The highest BCUT2D eigenvalue weighted by atomic mass is 32.2. The van der Waals surface area contributed by atoms with E-state index < -0.39 is 10.0 Å². The number of morpholine rings is 1. The third kappa shape index (κ3) is 3.18. The Hall–Kier alpha value is -1.29. The topological polar surface area (TPSA) is 77.3 Å². The molecule has 2 aromatic rings. The van der Waals surface area contributed by atoms with Crippen molar-refractivity contribution in [3.05, 3.63) is 28.7 Å². The molecule has 1 aliphatic heterocycles. The van der Waals surface area contributed by atoms with Crippen molar-refractivity contribution in [2.45, 2.75) is 37.6 Å². The first-order valence-corrected chi connectivity index (χ1v) is 9.75. The second-order valence-electron chi connectivity index (χ2n) is 5.46. The van der Waals surface area contributed by atoms with Crippen LogP contribution in [0.25, 0.3) is 0 Å². The van der Waals surface area contributed by atoms with Crippen LogP contribution in [0.5, 0.6) is 0 Å². The maximum atomic E-state index is 12.9. The summed E-state index contributed by atoms with van der Waals surface area (Å²) in [6, 6.07) is 0. The molecule has 3 heterocycles. The molecule has 0 radical (unpaired) electrons. The predicted molar refractivity (Wildman–Crippen MR) is 86.9 cm³/mol. The van der Waals surface area contributed by atoms with Crippen LogP contribution in [0.1, 0.15) is 29.3 Å². The second-order valence-corrected chi connectivity index (χ2v) is 8.79. The van der Waals surface area contributed by atoms with Gasteiger partial charge in [-0.1, -0.05) is 0 Å². The minimum absolute atomic E-state index is 0.284. The minimum atomic E-state index is -3.53. The molecule has 7 nitrogen and oxygen atoms in total. The summed E-state index contributed by atoms with van der Waals surface area (Å²) in [7, 11) is -3.53. The van der Waals surface area contributed by atoms with Crippen molar-refractivity contribution >= 4 is 21.4 Å². The lowest BCUT2D eigenvalue weighted by Crippen LogP contribution is -2.42. The molecule has 0 aromatic carbocycles. The fraction of sp³-hybridized carbons (Fsp3) is 0.571. The smallest absolute Gasteiger partial charge is 0.254 e. The molecule has 9 heteroatoms. The van der Waals surface area contributed by atoms with E-state index in [1.807, 2.05) is 24.7 Å². The Morgan fingerprint density at radius 1 is 1.43 bits per heavy atom. The standard InChI is InChI=1S/C14H20N4O3S2/c1-4-17-8-12(7-15-17)13-9-18(5-6-21-13)23(19,20)14-10(2)16-11(3)22-14/h7-8,13H,4-6,9H2,1-3H3/t13-/m0/s1. The molecule has 2 aromatic heterocycles. The summed E-state index contributed by atoms with van der Waals surface area (Å²) >= 11 is 1.22. The molecule has 0 N–H and O–H groups in total. The summed E-state index contributed by atoms with van der Waals surface area (Å²) in [5, 5.41) is 4.99. The summed E-state index contributed by atoms with van der Waals surface area (Å²) in [6.45, 7) is 7.36. The molecule has 3 rings (SSSR count). The molecule has 1 atom stereocenters. The van der Waals surface area contributed by atoms with Crippen molar-refractivity contribution < 1.29 is 13.2 Å². The van der Waals surface area contributed by atoms with E-state index in [2.05, 4.69) is 10.1 Å². The van der Waals surface area contributed by atoms with Gasteiger partial charge in [0.25, 0.3) is 10.0 Å². The van der Waals surface area contributed by atoms with Gasteiger partial charge >= 0.3 is 0 Å². The van der Waals surface area contributed by atoms with Crippen LogP contribution in [-0.2, 0) is 21.3 Å². The third-order valence-corrected chi connectivity index (χ3v) is 7.34. The molecule has 1 fully saturated rings. The van der Waals surface area contributed by atoms with Gasteiger partial charge in [0.1, 0.15) is 0 Å². The first-order valence-electron chi connectivity index (χ1n) is 7.50. The quantitative estimate of drug-likeness (QED) is 0.834. The summed E-state index contributed by atoms with van der Waals surface area (Å²) in [5.41, 5.74) is 1.47. The second kappa shape index (κ2) is 6.31. The lowest BCUT2D eigenvalue weighted by atomic mass is 10.2. The van der Waals surface area contributed by atoms with Crippen LogP contribution in [-0.4, -0.2) is 47.2 Å². The number of rotatable bonds is 4. The lowest BCUT2D eigenvalue weighted by Gasteiger charge is -2.31. The maximum Gasteiger partial charge on any atom is 0.254 e. The van der Waals surface area contributed by atoms with E-state index in [0.717, 1.165) is 17.1 Å². The van der Waals surface area contributed by atoms with Crippen LogP contribution in [0.15, 0.2) is 16.6 Å². The van der Waals surface area contributed by atoms with Crippen molar-refractivity contribution in [1.82, 2.24) is 19.1 Å². The van der Waals surface area contributed by atoms with Gasteiger partial charge in [-0.05, 0) is 20.8 Å². The fourth-order valence-electron chi connectivity index (χ4n) is 2.63. The van der Waals surface area contributed by atoms with Crippen LogP contribution in [0, 0.1) is 13.8 Å². The van der Waals surface area contributed by atoms with Gasteiger partial charge in [0, 0.05) is 31.4 Å². The summed E-state index contributed by atoms with van der Waals surface area (Å²) in [4.78, 5) is 4.23. The first-order chi connectivity index (χ1) is 10.9. The number of ether oxygens (including phenoxy) is 1. The van der Waals surface area contributed by atoms with Crippen molar-refractivity contribution in [2.75, 3.05) is 19.7 Å². The largest absolute Gasteiger partial charge is 0.371 e. The van der Waals surface area contributed by atoms with Crippen LogP contribution < -0.4 is 0 Å². The molecular formula is C14H20N4O3S2. The van der Waals surface area contributed by atoms with Crippen molar-refractivity contribution in [2.24, 2.45) is 0 Å². The Kier molecular flexibility index (Phi) is 4.54. The zero-order valence-electron chi connectivity index (χ0n) is 13.4. The third-order valence-electron chi connectivity index (χ3n) is 3.81. The molecular weight excluding hydrogens is 336 g/mol. The Morgan fingerprint density at radius 2 is 2.22 bits per heavy atom. The number of thiazole rings is 1. The summed E-state index contributed by atoms with van der Waals surface area (Å²) < 4.78 is 35.1. The Balaban J connectivity index is 1.84. The number of hydrogen-bond acceptors (Lipinski definition) is 6. The van der Waals surface area contributed by atoms with Crippen LogP contribution in [0.3, 0.4) is 0 Å². The molecule has 0 bridgehead atoms. The van der Waals surface area contributed by atoms with Gasteiger partial charge in [-0.25, -0.2) is 13.4 Å². The minimum Gasteiger partial charge on any atom is -0.371 e. The van der Waals surface area contributed by atoms with Crippen LogP contribution in [0.2, 0.25) is 0 Å². The number of hydrogen-bond donors (Lipinski definition) is 0. The highest BCUT2D eigenvalue weighted by Gasteiger charge is 2.34. The van der Waals surface area contributed by atoms with E-state index in [1.165, 1.54) is 15.6 Å². The van der Waals surface area contributed by atoms with Gasteiger partial charge in [-0.2, -0.15) is 9.40 Å². The van der Waals surface area contributed by atoms with E-state index in [1.54, 1.807) is 13.1 Å². The van der Waals surface area contributed by atoms with Crippen molar-refractivity contribution in [1.29, 1.82) is 0 Å². The van der Waals surface area contributed by atoms with Gasteiger partial charge in [-0.3, -0.25) is 4.68 Å². The summed E-state index contributed by atoms with van der Waals surface area (Å²) in [5.74, 6) is 0. The first kappa shape index (κ1) is 16.6. The Bertz CT molecular complexity index is 797. The number of nitrogens with zero attached hydrogens (tertiary/aromatic N) is 4. The van der Waals surface area contributed by atoms with E-state index >= 15 is 0 Å². The molecule has 0 amide bonds. The lowest BCUT2D eigenvalue weighted by molar-refractivity contribution is -0.00255. The van der Waals surface area contributed by atoms with Crippen molar-refractivity contribution in [3.63, 3.8) is 0 Å². The zero-order chi connectivity index (χ0) is 16.6. The number of aryl methyl sites for hydroxylation is 3. The Labute approximate surface area is 140 Å². The number of aromatic nitrogens is 3. The summed E-state index contributed by atoms with van der Waals surface area (Å²) in [6.07, 6.45) is 3.36. The molecule has 23 heavy (non-hydrogen) atoms. The van der Waals surface area contributed by atoms with Crippen LogP contribution >= 0.6 is 11.3 Å². The highest BCUT2D eigenvalue weighted by molar-refractivity contribution is 7.91. The average molecular weight is 356 g/mol.